The number of fused-ring (bicyclic) bond motifs is 1. The van der Waals surface area contributed by atoms with Crippen molar-refractivity contribution in [2.45, 2.75) is 0 Å². The molecule has 0 aliphatic rings. The molecule has 0 spiro atoms. The highest BCUT2D eigenvalue weighted by molar-refractivity contribution is 7.21. The maximum absolute atomic E-state index is 12.3. The minimum absolute atomic E-state index is 0.0490. The van der Waals surface area contributed by atoms with E-state index in [1.807, 2.05) is 30.3 Å². The first-order chi connectivity index (χ1) is 8.74. The molecule has 1 nitrogen and oxygen atoms in total. The second kappa shape index (κ2) is 4.56. The number of ketones is 1. The van der Waals surface area contributed by atoms with E-state index in [-0.39, 0.29) is 5.78 Å². The Hall–Kier alpha value is -1.64. The number of thiophene rings is 1. The number of hydrogen-bond acceptors (Lipinski definition) is 2. The largest absolute Gasteiger partial charge is 0.288 e. The van der Waals surface area contributed by atoms with Crippen molar-refractivity contribution >= 4 is 38.8 Å². The van der Waals surface area contributed by atoms with Gasteiger partial charge in [0.15, 0.2) is 0 Å². The molecule has 2 aromatic carbocycles. The van der Waals surface area contributed by atoms with Gasteiger partial charge in [-0.25, -0.2) is 0 Å². The van der Waals surface area contributed by atoms with Crippen LogP contribution in [0.3, 0.4) is 0 Å². The predicted molar refractivity (Wildman–Crippen MR) is 76.7 cm³/mol. The van der Waals surface area contributed by atoms with Gasteiger partial charge in [-0.2, -0.15) is 0 Å². The van der Waals surface area contributed by atoms with Crippen LogP contribution in [0.2, 0.25) is 5.02 Å². The summed E-state index contributed by atoms with van der Waals surface area (Å²) in [6, 6.07) is 16.9. The molecule has 0 aliphatic carbocycles. The van der Waals surface area contributed by atoms with E-state index in [0.717, 1.165) is 15.0 Å². The van der Waals surface area contributed by atoms with Crippen molar-refractivity contribution in [3.05, 3.63) is 70.1 Å². The van der Waals surface area contributed by atoms with Crippen molar-refractivity contribution in [3.63, 3.8) is 0 Å². The first-order valence-corrected chi connectivity index (χ1v) is 6.72. The van der Waals surface area contributed by atoms with E-state index in [9.17, 15) is 4.79 Å². The molecule has 0 unspecified atom stereocenters. The zero-order valence-corrected chi connectivity index (χ0v) is 11.0. The fourth-order valence-electron chi connectivity index (χ4n) is 1.84. The number of benzene rings is 2. The molecule has 0 N–H and O–H groups in total. The molecular weight excluding hydrogens is 264 g/mol. The maximum atomic E-state index is 12.3. The van der Waals surface area contributed by atoms with E-state index in [2.05, 4.69) is 0 Å². The van der Waals surface area contributed by atoms with E-state index in [0.29, 0.717) is 10.6 Å². The average Bonchev–Trinajstić information content (AvgIpc) is 2.82. The zero-order valence-electron chi connectivity index (χ0n) is 9.39. The number of rotatable bonds is 2. The molecule has 1 aromatic heterocycles. The second-order valence-corrected chi connectivity index (χ2v) is 5.50. The minimum atomic E-state index is 0.0490. The lowest BCUT2D eigenvalue weighted by molar-refractivity contribution is 0.104. The summed E-state index contributed by atoms with van der Waals surface area (Å²) in [5.74, 6) is 0.0490. The van der Waals surface area contributed by atoms with Gasteiger partial charge in [0.2, 0.25) is 5.78 Å². The molecule has 0 fully saturated rings. The number of carbonyl (C=O) groups is 1. The molecule has 0 aliphatic heterocycles. The molecule has 3 heteroatoms. The van der Waals surface area contributed by atoms with Gasteiger partial charge in [0, 0.05) is 15.3 Å². The monoisotopic (exact) mass is 272 g/mol. The Balaban J connectivity index is 2.03. The summed E-state index contributed by atoms with van der Waals surface area (Å²) in [6.07, 6.45) is 0. The first-order valence-electron chi connectivity index (χ1n) is 5.53. The zero-order chi connectivity index (χ0) is 12.5. The Kier molecular flexibility index (Phi) is 2.90. The van der Waals surface area contributed by atoms with E-state index in [1.54, 1.807) is 24.3 Å². The van der Waals surface area contributed by atoms with Gasteiger partial charge in [0.1, 0.15) is 0 Å². The summed E-state index contributed by atoms with van der Waals surface area (Å²) in [7, 11) is 0. The van der Waals surface area contributed by atoms with Crippen molar-refractivity contribution < 1.29 is 4.79 Å². The molecule has 88 valence electrons. The van der Waals surface area contributed by atoms with Crippen LogP contribution >= 0.6 is 22.9 Å². The van der Waals surface area contributed by atoms with Gasteiger partial charge < -0.3 is 0 Å². The number of carbonyl (C=O) groups excluding carboxylic acids is 1. The Morgan fingerprint density at radius 3 is 2.44 bits per heavy atom. The molecular formula is C15H9ClOS. The van der Waals surface area contributed by atoms with Gasteiger partial charge in [0.25, 0.3) is 0 Å². The Bertz CT molecular complexity index is 680. The van der Waals surface area contributed by atoms with Crippen molar-refractivity contribution in [1.29, 1.82) is 0 Å². The second-order valence-electron chi connectivity index (χ2n) is 3.98. The summed E-state index contributed by atoms with van der Waals surface area (Å²) in [6.45, 7) is 0. The van der Waals surface area contributed by atoms with Crippen LogP contribution in [0.15, 0.2) is 54.6 Å². The molecule has 0 saturated carbocycles. The van der Waals surface area contributed by atoms with E-state index < -0.39 is 0 Å². The minimum Gasteiger partial charge on any atom is -0.288 e. The van der Waals surface area contributed by atoms with E-state index in [4.69, 9.17) is 11.6 Å². The molecule has 1 heterocycles. The molecule has 3 aromatic rings. The molecule has 0 amide bonds. The predicted octanol–water partition coefficient (Wildman–Crippen LogP) is 4.79. The van der Waals surface area contributed by atoms with Crippen molar-refractivity contribution in [2.24, 2.45) is 0 Å². The van der Waals surface area contributed by atoms with Gasteiger partial charge >= 0.3 is 0 Å². The van der Waals surface area contributed by atoms with Crippen molar-refractivity contribution in [2.75, 3.05) is 0 Å². The van der Waals surface area contributed by atoms with Gasteiger partial charge in [-0.1, -0.05) is 29.8 Å². The smallest absolute Gasteiger partial charge is 0.202 e. The Labute approximate surface area is 114 Å². The third kappa shape index (κ3) is 2.05. The summed E-state index contributed by atoms with van der Waals surface area (Å²) in [5, 5.41) is 1.75. The summed E-state index contributed by atoms with van der Waals surface area (Å²) in [5.41, 5.74) is 0.672. The topological polar surface area (TPSA) is 17.1 Å². The highest BCUT2D eigenvalue weighted by Gasteiger charge is 2.12. The number of hydrogen-bond donors (Lipinski definition) is 0. The van der Waals surface area contributed by atoms with Crippen molar-refractivity contribution in [3.8, 4) is 0 Å². The van der Waals surface area contributed by atoms with Crippen LogP contribution in [0, 0.1) is 0 Å². The molecule has 0 atom stereocenters. The molecule has 3 rings (SSSR count). The fourth-order valence-corrected chi connectivity index (χ4v) is 2.99. The third-order valence-corrected chi connectivity index (χ3v) is 4.12. The Morgan fingerprint density at radius 1 is 1.00 bits per heavy atom. The average molecular weight is 273 g/mol. The van der Waals surface area contributed by atoms with E-state index >= 15 is 0 Å². The van der Waals surface area contributed by atoms with Crippen LogP contribution in [0.4, 0.5) is 0 Å². The third-order valence-electron chi connectivity index (χ3n) is 2.76. The highest BCUT2D eigenvalue weighted by Crippen LogP contribution is 2.27. The fraction of sp³-hybridized carbons (Fsp3) is 0. The lowest BCUT2D eigenvalue weighted by atomic mass is 10.1. The molecule has 0 radical (unpaired) electrons. The van der Waals surface area contributed by atoms with Crippen LogP contribution in [-0.2, 0) is 0 Å². The van der Waals surface area contributed by atoms with Gasteiger partial charge in [-0.15, -0.1) is 11.3 Å². The SMILES string of the molecule is O=C(c1ccc(Cl)cc1)c1cc2ccccc2s1. The van der Waals surface area contributed by atoms with Crippen LogP contribution in [-0.4, -0.2) is 5.78 Å². The highest BCUT2D eigenvalue weighted by atomic mass is 35.5. The van der Waals surface area contributed by atoms with Crippen LogP contribution in [0.5, 0.6) is 0 Å². The molecule has 18 heavy (non-hydrogen) atoms. The summed E-state index contributed by atoms with van der Waals surface area (Å²) < 4.78 is 1.13. The van der Waals surface area contributed by atoms with Crippen molar-refractivity contribution in [1.82, 2.24) is 0 Å². The first kappa shape index (κ1) is 11.5. The molecule has 0 bridgehead atoms. The van der Waals surface area contributed by atoms with Gasteiger partial charge in [0.05, 0.1) is 4.88 Å². The normalized spacial score (nSPS) is 10.7. The van der Waals surface area contributed by atoms with Crippen LogP contribution in [0.25, 0.3) is 10.1 Å². The van der Waals surface area contributed by atoms with Gasteiger partial charge in [-0.3, -0.25) is 4.79 Å². The maximum Gasteiger partial charge on any atom is 0.202 e. The quantitative estimate of drug-likeness (QED) is 0.613. The van der Waals surface area contributed by atoms with Crippen LogP contribution in [0.1, 0.15) is 15.2 Å². The Morgan fingerprint density at radius 2 is 1.72 bits per heavy atom. The number of halogens is 1. The standard InChI is InChI=1S/C15H9ClOS/c16-12-7-5-10(6-8-12)15(17)14-9-11-3-1-2-4-13(11)18-14/h1-9H. The lowest BCUT2D eigenvalue weighted by Crippen LogP contribution is -1.97. The summed E-state index contributed by atoms with van der Waals surface area (Å²) in [4.78, 5) is 13.1. The van der Waals surface area contributed by atoms with Gasteiger partial charge in [-0.05, 0) is 41.8 Å². The van der Waals surface area contributed by atoms with Crippen LogP contribution < -0.4 is 0 Å². The summed E-state index contributed by atoms with van der Waals surface area (Å²) >= 11 is 7.34. The lowest BCUT2D eigenvalue weighted by Gasteiger charge is -1.97. The molecule has 0 saturated heterocycles. The van der Waals surface area contributed by atoms with E-state index in [1.165, 1.54) is 11.3 Å².